The van der Waals surface area contributed by atoms with Crippen LogP contribution >= 0.6 is 0 Å². The number of aliphatic hydroxyl groups is 1. The molecule has 0 aliphatic rings. The van der Waals surface area contributed by atoms with Crippen LogP contribution in [0.5, 0.6) is 0 Å². The van der Waals surface area contributed by atoms with Crippen molar-refractivity contribution in [3.63, 3.8) is 0 Å². The van der Waals surface area contributed by atoms with Gasteiger partial charge in [-0.05, 0) is 25.0 Å². The van der Waals surface area contributed by atoms with Gasteiger partial charge in [0.2, 0.25) is 0 Å². The third kappa shape index (κ3) is 5.74. The second-order valence-corrected chi connectivity index (χ2v) is 3.62. The van der Waals surface area contributed by atoms with E-state index < -0.39 is 6.10 Å². The van der Waals surface area contributed by atoms with Crippen LogP contribution in [0.15, 0.2) is 30.3 Å². The fourth-order valence-corrected chi connectivity index (χ4v) is 1.30. The van der Waals surface area contributed by atoms with Crippen molar-refractivity contribution >= 4 is 5.97 Å². The molecule has 1 rings (SSSR count). The SMILES string of the molecule is COC(=O)CCC[C@@H](O)C#Cc1ccccc1. The zero-order valence-corrected chi connectivity index (χ0v) is 9.85. The Morgan fingerprint density at radius 1 is 1.41 bits per heavy atom. The number of methoxy groups -OCH3 is 1. The van der Waals surface area contributed by atoms with Crippen molar-refractivity contribution in [1.82, 2.24) is 0 Å². The average molecular weight is 232 g/mol. The highest BCUT2D eigenvalue weighted by Crippen LogP contribution is 2.02. The fourth-order valence-electron chi connectivity index (χ4n) is 1.30. The third-order valence-electron chi connectivity index (χ3n) is 2.24. The molecule has 17 heavy (non-hydrogen) atoms. The van der Waals surface area contributed by atoms with Gasteiger partial charge >= 0.3 is 5.97 Å². The molecule has 0 heterocycles. The summed E-state index contributed by atoms with van der Waals surface area (Å²) in [5.74, 6) is 5.37. The van der Waals surface area contributed by atoms with Gasteiger partial charge in [-0.25, -0.2) is 0 Å². The van der Waals surface area contributed by atoms with Gasteiger partial charge in [-0.3, -0.25) is 4.79 Å². The van der Waals surface area contributed by atoms with Crippen LogP contribution in [0.2, 0.25) is 0 Å². The van der Waals surface area contributed by atoms with Gasteiger partial charge in [0.15, 0.2) is 0 Å². The van der Waals surface area contributed by atoms with Gasteiger partial charge in [0.25, 0.3) is 0 Å². The first-order valence-corrected chi connectivity index (χ1v) is 5.54. The van der Waals surface area contributed by atoms with Crippen molar-refractivity contribution in [2.45, 2.75) is 25.4 Å². The molecule has 0 unspecified atom stereocenters. The molecule has 0 radical (unpaired) electrons. The topological polar surface area (TPSA) is 46.5 Å². The van der Waals surface area contributed by atoms with E-state index >= 15 is 0 Å². The van der Waals surface area contributed by atoms with E-state index in [0.29, 0.717) is 19.3 Å². The molecule has 0 amide bonds. The van der Waals surface area contributed by atoms with Crippen molar-refractivity contribution in [3.05, 3.63) is 35.9 Å². The van der Waals surface area contributed by atoms with Gasteiger partial charge < -0.3 is 9.84 Å². The minimum Gasteiger partial charge on any atom is -0.469 e. The molecule has 1 aromatic rings. The van der Waals surface area contributed by atoms with Gasteiger partial charge in [-0.2, -0.15) is 0 Å². The number of carbonyl (C=O) groups is 1. The molecule has 1 aromatic carbocycles. The largest absolute Gasteiger partial charge is 0.469 e. The Bertz CT molecular complexity index is 400. The quantitative estimate of drug-likeness (QED) is 0.635. The van der Waals surface area contributed by atoms with Crippen LogP contribution in [-0.2, 0) is 9.53 Å². The minimum absolute atomic E-state index is 0.256. The molecule has 0 spiro atoms. The molecule has 90 valence electrons. The van der Waals surface area contributed by atoms with Crippen LogP contribution in [0.25, 0.3) is 0 Å². The first-order valence-electron chi connectivity index (χ1n) is 5.54. The van der Waals surface area contributed by atoms with Gasteiger partial charge in [-0.1, -0.05) is 30.0 Å². The van der Waals surface area contributed by atoms with E-state index in [-0.39, 0.29) is 5.97 Å². The fraction of sp³-hybridized carbons (Fsp3) is 0.357. The predicted octanol–water partition coefficient (Wildman–Crippen LogP) is 1.74. The van der Waals surface area contributed by atoms with E-state index in [4.69, 9.17) is 0 Å². The number of hydrogen-bond donors (Lipinski definition) is 1. The van der Waals surface area contributed by atoms with Crippen LogP contribution in [-0.4, -0.2) is 24.3 Å². The zero-order chi connectivity index (χ0) is 12.5. The standard InChI is InChI=1S/C14H16O3/c1-17-14(16)9-5-8-13(15)11-10-12-6-3-2-4-7-12/h2-4,6-7,13,15H,5,8-9H2,1H3/t13-/m1/s1. The van der Waals surface area contributed by atoms with Crippen molar-refractivity contribution in [2.24, 2.45) is 0 Å². The van der Waals surface area contributed by atoms with E-state index in [9.17, 15) is 9.90 Å². The van der Waals surface area contributed by atoms with E-state index in [0.717, 1.165) is 5.56 Å². The second kappa shape index (κ2) is 7.48. The molecule has 3 heteroatoms. The molecule has 3 nitrogen and oxygen atoms in total. The van der Waals surface area contributed by atoms with Crippen LogP contribution in [0.3, 0.4) is 0 Å². The molecular formula is C14H16O3. The van der Waals surface area contributed by atoms with Gasteiger partial charge in [0.05, 0.1) is 7.11 Å². The minimum atomic E-state index is -0.695. The monoisotopic (exact) mass is 232 g/mol. The maximum absolute atomic E-state index is 10.8. The summed E-state index contributed by atoms with van der Waals surface area (Å²) < 4.78 is 4.50. The Balaban J connectivity index is 2.32. The molecule has 0 saturated carbocycles. The van der Waals surface area contributed by atoms with E-state index in [1.807, 2.05) is 30.3 Å². The van der Waals surface area contributed by atoms with E-state index in [1.165, 1.54) is 7.11 Å². The first kappa shape index (κ1) is 13.3. The molecule has 0 bridgehead atoms. The lowest BCUT2D eigenvalue weighted by Gasteiger charge is -2.02. The van der Waals surface area contributed by atoms with Crippen LogP contribution in [0, 0.1) is 11.8 Å². The zero-order valence-electron chi connectivity index (χ0n) is 9.85. The molecule has 0 aliphatic carbocycles. The number of aliphatic hydroxyl groups excluding tert-OH is 1. The molecule has 1 N–H and O–H groups in total. The lowest BCUT2D eigenvalue weighted by Crippen LogP contribution is -2.06. The van der Waals surface area contributed by atoms with E-state index in [1.54, 1.807) is 0 Å². The van der Waals surface area contributed by atoms with E-state index in [2.05, 4.69) is 16.6 Å². The molecule has 0 aliphatic heterocycles. The summed E-state index contributed by atoms with van der Waals surface area (Å²) in [7, 11) is 1.36. The lowest BCUT2D eigenvalue weighted by molar-refractivity contribution is -0.140. The second-order valence-electron chi connectivity index (χ2n) is 3.62. The first-order chi connectivity index (χ1) is 8.22. The highest BCUT2D eigenvalue weighted by Gasteiger charge is 2.03. The molecule has 0 fully saturated rings. The van der Waals surface area contributed by atoms with Gasteiger partial charge in [0.1, 0.15) is 6.10 Å². The van der Waals surface area contributed by atoms with Crippen molar-refractivity contribution in [2.75, 3.05) is 7.11 Å². The average Bonchev–Trinajstić information content (AvgIpc) is 2.37. The Morgan fingerprint density at radius 2 is 2.12 bits per heavy atom. The lowest BCUT2D eigenvalue weighted by atomic mass is 10.1. The number of carbonyl (C=O) groups excluding carboxylic acids is 1. The summed E-state index contributed by atoms with van der Waals surface area (Å²) in [5.41, 5.74) is 0.875. The molecule has 1 atom stereocenters. The summed E-state index contributed by atoms with van der Waals surface area (Å²) in [6.45, 7) is 0. The van der Waals surface area contributed by atoms with Crippen LogP contribution in [0.4, 0.5) is 0 Å². The summed E-state index contributed by atoms with van der Waals surface area (Å²) in [6.07, 6.45) is 0.687. The molecule has 0 aromatic heterocycles. The Kier molecular flexibility index (Phi) is 5.84. The summed E-state index contributed by atoms with van der Waals surface area (Å²) in [6, 6.07) is 9.47. The third-order valence-corrected chi connectivity index (χ3v) is 2.24. The van der Waals surface area contributed by atoms with Crippen LogP contribution < -0.4 is 0 Å². The van der Waals surface area contributed by atoms with Gasteiger partial charge in [-0.15, -0.1) is 0 Å². The number of rotatable bonds is 4. The number of hydrogen-bond acceptors (Lipinski definition) is 3. The summed E-state index contributed by atoms with van der Waals surface area (Å²) >= 11 is 0. The predicted molar refractivity (Wildman–Crippen MR) is 65.2 cm³/mol. The molecular weight excluding hydrogens is 216 g/mol. The normalized spacial score (nSPS) is 11.2. The van der Waals surface area contributed by atoms with Crippen molar-refractivity contribution < 1.29 is 14.6 Å². The highest BCUT2D eigenvalue weighted by molar-refractivity contribution is 5.68. The number of esters is 1. The number of benzene rings is 1. The Morgan fingerprint density at radius 3 is 2.76 bits per heavy atom. The Hall–Kier alpha value is -1.79. The maximum Gasteiger partial charge on any atom is 0.305 e. The Labute approximate surface area is 101 Å². The molecule has 0 saturated heterocycles. The smallest absolute Gasteiger partial charge is 0.305 e. The van der Waals surface area contributed by atoms with Gasteiger partial charge in [0, 0.05) is 12.0 Å². The summed E-state index contributed by atoms with van der Waals surface area (Å²) in [5, 5.41) is 9.57. The maximum atomic E-state index is 10.8. The summed E-state index contributed by atoms with van der Waals surface area (Å²) in [4.78, 5) is 10.8. The van der Waals surface area contributed by atoms with Crippen molar-refractivity contribution in [3.8, 4) is 11.8 Å². The van der Waals surface area contributed by atoms with Crippen LogP contribution in [0.1, 0.15) is 24.8 Å². The van der Waals surface area contributed by atoms with Crippen molar-refractivity contribution in [1.29, 1.82) is 0 Å². The number of ether oxygens (including phenoxy) is 1. The highest BCUT2D eigenvalue weighted by atomic mass is 16.5.